The summed E-state index contributed by atoms with van der Waals surface area (Å²) in [6.07, 6.45) is -0.861. The lowest BCUT2D eigenvalue weighted by atomic mass is 9.79. The van der Waals surface area contributed by atoms with Crippen LogP contribution in [0.5, 0.6) is 0 Å². The van der Waals surface area contributed by atoms with Gasteiger partial charge in [0.15, 0.2) is 0 Å². The first kappa shape index (κ1) is 15.7. The molecule has 2 heterocycles. The fourth-order valence-electron chi connectivity index (χ4n) is 3.06. The lowest BCUT2D eigenvalue weighted by molar-refractivity contribution is -0.158. The van der Waals surface area contributed by atoms with E-state index < -0.39 is 12.3 Å². The van der Waals surface area contributed by atoms with Crippen LogP contribution in [0, 0.1) is 5.41 Å². The van der Waals surface area contributed by atoms with Gasteiger partial charge in [-0.3, -0.25) is 10.2 Å². The van der Waals surface area contributed by atoms with Crippen LogP contribution in [-0.2, 0) is 9.53 Å². The van der Waals surface area contributed by atoms with Crippen molar-refractivity contribution in [2.24, 2.45) is 5.41 Å². The number of ether oxygens (including phenoxy) is 1. The average Bonchev–Trinajstić information content (AvgIpc) is 2.85. The van der Waals surface area contributed by atoms with Crippen LogP contribution in [-0.4, -0.2) is 54.9 Å². The topological polar surface area (TPSA) is 53.6 Å². The van der Waals surface area contributed by atoms with Crippen molar-refractivity contribution >= 4 is 5.91 Å². The fourth-order valence-corrected chi connectivity index (χ4v) is 3.06. The van der Waals surface area contributed by atoms with E-state index in [1.807, 2.05) is 27.7 Å². The van der Waals surface area contributed by atoms with Crippen LogP contribution >= 0.6 is 0 Å². The Morgan fingerprint density at radius 3 is 2.65 bits per heavy atom. The lowest BCUT2D eigenvalue weighted by Gasteiger charge is -2.46. The second-order valence-electron chi connectivity index (χ2n) is 6.74. The van der Waals surface area contributed by atoms with Gasteiger partial charge in [0.2, 0.25) is 5.91 Å². The molecule has 0 aromatic carbocycles. The monoisotopic (exact) mass is 287 g/mol. The standard InChI is InChI=1S/C14H26FN3O2/c1-9(2)20-12-10(15)7-18(8-14(12,3)4)13(19)11-5-6-16-17-11/h9-12,16-17H,5-8H2,1-4H3/t10-,11?,12-/m1/s1. The van der Waals surface area contributed by atoms with E-state index in [9.17, 15) is 9.18 Å². The minimum Gasteiger partial charge on any atom is -0.372 e. The molecular formula is C14H26FN3O2. The van der Waals surface area contributed by atoms with Crippen LogP contribution < -0.4 is 10.9 Å². The van der Waals surface area contributed by atoms with Crippen molar-refractivity contribution < 1.29 is 13.9 Å². The molecular weight excluding hydrogens is 261 g/mol. The van der Waals surface area contributed by atoms with E-state index >= 15 is 0 Å². The van der Waals surface area contributed by atoms with Gasteiger partial charge in [0.05, 0.1) is 18.8 Å². The van der Waals surface area contributed by atoms with Crippen LogP contribution in [0.2, 0.25) is 0 Å². The largest absolute Gasteiger partial charge is 0.372 e. The second-order valence-corrected chi connectivity index (χ2v) is 6.74. The van der Waals surface area contributed by atoms with E-state index in [0.717, 1.165) is 13.0 Å². The molecule has 1 amide bonds. The summed E-state index contributed by atoms with van der Waals surface area (Å²) in [7, 11) is 0. The summed E-state index contributed by atoms with van der Waals surface area (Å²) < 4.78 is 20.2. The molecule has 2 fully saturated rings. The highest BCUT2D eigenvalue weighted by Gasteiger charge is 2.46. The molecule has 20 heavy (non-hydrogen) atoms. The summed E-state index contributed by atoms with van der Waals surface area (Å²) in [6.45, 7) is 9.17. The molecule has 0 aromatic rings. The fraction of sp³-hybridized carbons (Fsp3) is 0.929. The van der Waals surface area contributed by atoms with Crippen LogP contribution in [0.15, 0.2) is 0 Å². The van der Waals surface area contributed by atoms with E-state index in [-0.39, 0.29) is 30.0 Å². The van der Waals surface area contributed by atoms with E-state index in [4.69, 9.17) is 4.74 Å². The third-order valence-electron chi connectivity index (χ3n) is 3.95. The zero-order valence-electron chi connectivity index (χ0n) is 12.8. The molecule has 2 rings (SSSR count). The first-order chi connectivity index (χ1) is 9.31. The van der Waals surface area contributed by atoms with Gasteiger partial charge in [-0.1, -0.05) is 13.8 Å². The zero-order valence-corrected chi connectivity index (χ0v) is 12.8. The molecule has 0 aliphatic carbocycles. The molecule has 0 aromatic heterocycles. The van der Waals surface area contributed by atoms with Crippen molar-refractivity contribution in [1.29, 1.82) is 0 Å². The van der Waals surface area contributed by atoms with Crippen molar-refractivity contribution in [2.75, 3.05) is 19.6 Å². The lowest BCUT2D eigenvalue weighted by Crippen LogP contribution is -2.60. The molecule has 2 aliphatic heterocycles. The maximum Gasteiger partial charge on any atom is 0.241 e. The van der Waals surface area contributed by atoms with Gasteiger partial charge in [0.25, 0.3) is 0 Å². The van der Waals surface area contributed by atoms with Gasteiger partial charge >= 0.3 is 0 Å². The van der Waals surface area contributed by atoms with Crippen LogP contribution in [0.25, 0.3) is 0 Å². The van der Waals surface area contributed by atoms with E-state index in [1.54, 1.807) is 4.90 Å². The molecule has 116 valence electrons. The van der Waals surface area contributed by atoms with Gasteiger partial charge in [0, 0.05) is 18.5 Å². The van der Waals surface area contributed by atoms with Crippen molar-refractivity contribution in [3.63, 3.8) is 0 Å². The minimum atomic E-state index is -1.14. The molecule has 3 atom stereocenters. The van der Waals surface area contributed by atoms with Gasteiger partial charge in [-0.05, 0) is 20.3 Å². The Morgan fingerprint density at radius 2 is 2.15 bits per heavy atom. The molecule has 2 saturated heterocycles. The number of halogens is 1. The molecule has 2 N–H and O–H groups in total. The molecule has 2 aliphatic rings. The number of likely N-dealkylation sites (tertiary alicyclic amines) is 1. The molecule has 0 spiro atoms. The van der Waals surface area contributed by atoms with Crippen molar-refractivity contribution in [1.82, 2.24) is 15.8 Å². The first-order valence-corrected chi connectivity index (χ1v) is 7.38. The quantitative estimate of drug-likeness (QED) is 0.808. The number of nitrogens with one attached hydrogen (secondary N) is 2. The Morgan fingerprint density at radius 1 is 1.45 bits per heavy atom. The summed E-state index contributed by atoms with van der Waals surface area (Å²) in [6, 6.07) is -0.236. The maximum absolute atomic E-state index is 14.4. The Kier molecular flexibility index (Phi) is 4.66. The number of amides is 1. The third-order valence-corrected chi connectivity index (χ3v) is 3.95. The number of nitrogens with zero attached hydrogens (tertiary/aromatic N) is 1. The summed E-state index contributed by atoms with van der Waals surface area (Å²) >= 11 is 0. The zero-order chi connectivity index (χ0) is 14.9. The number of carbonyl (C=O) groups excluding carboxylic acids is 1. The Hall–Kier alpha value is -0.720. The Labute approximate surface area is 120 Å². The number of alkyl halides is 1. The normalized spacial score (nSPS) is 33.7. The Bertz CT molecular complexity index is 356. The summed E-state index contributed by atoms with van der Waals surface area (Å²) in [5.74, 6) is -0.0197. The predicted octanol–water partition coefficient (Wildman–Crippen LogP) is 0.853. The highest BCUT2D eigenvalue weighted by molar-refractivity contribution is 5.82. The number of piperidine rings is 1. The summed E-state index contributed by atoms with van der Waals surface area (Å²) in [5.41, 5.74) is 5.50. The highest BCUT2D eigenvalue weighted by Crippen LogP contribution is 2.34. The Balaban J connectivity index is 2.04. The smallest absolute Gasteiger partial charge is 0.241 e. The van der Waals surface area contributed by atoms with Crippen molar-refractivity contribution in [2.45, 2.75) is 58.5 Å². The number of carbonyl (C=O) groups is 1. The second kappa shape index (κ2) is 5.95. The SMILES string of the molecule is CC(C)O[C@@H]1[C@H](F)CN(C(=O)C2CCNN2)CC1(C)C. The number of rotatable bonds is 3. The van der Waals surface area contributed by atoms with E-state index in [0.29, 0.717) is 6.54 Å². The van der Waals surface area contributed by atoms with Gasteiger partial charge < -0.3 is 9.64 Å². The van der Waals surface area contributed by atoms with Crippen molar-refractivity contribution in [3.8, 4) is 0 Å². The molecule has 0 radical (unpaired) electrons. The van der Waals surface area contributed by atoms with Crippen LogP contribution in [0.4, 0.5) is 4.39 Å². The van der Waals surface area contributed by atoms with Crippen LogP contribution in [0.1, 0.15) is 34.1 Å². The molecule has 0 bridgehead atoms. The first-order valence-electron chi connectivity index (χ1n) is 7.38. The predicted molar refractivity (Wildman–Crippen MR) is 74.8 cm³/mol. The van der Waals surface area contributed by atoms with Gasteiger partial charge in [-0.2, -0.15) is 0 Å². The molecule has 6 heteroatoms. The molecule has 1 unspecified atom stereocenters. The van der Waals surface area contributed by atoms with Crippen LogP contribution in [0.3, 0.4) is 0 Å². The molecule has 0 saturated carbocycles. The van der Waals surface area contributed by atoms with Gasteiger partial charge in [-0.25, -0.2) is 9.82 Å². The maximum atomic E-state index is 14.4. The summed E-state index contributed by atoms with van der Waals surface area (Å²) in [4.78, 5) is 14.0. The minimum absolute atomic E-state index is 0.0134. The van der Waals surface area contributed by atoms with E-state index in [2.05, 4.69) is 10.9 Å². The number of hydrogen-bond acceptors (Lipinski definition) is 4. The van der Waals surface area contributed by atoms with E-state index in [1.165, 1.54) is 0 Å². The average molecular weight is 287 g/mol. The highest BCUT2D eigenvalue weighted by atomic mass is 19.1. The van der Waals surface area contributed by atoms with Crippen molar-refractivity contribution in [3.05, 3.63) is 0 Å². The van der Waals surface area contributed by atoms with Gasteiger partial charge in [0.1, 0.15) is 12.2 Å². The molecule has 5 nitrogen and oxygen atoms in total. The third kappa shape index (κ3) is 3.30. The summed E-state index contributed by atoms with van der Waals surface area (Å²) in [5, 5.41) is 0. The number of hydrazine groups is 1. The van der Waals surface area contributed by atoms with Gasteiger partial charge in [-0.15, -0.1) is 0 Å². The number of hydrogen-bond donors (Lipinski definition) is 2.